The van der Waals surface area contributed by atoms with E-state index in [1.165, 1.54) is 37.3 Å². The van der Waals surface area contributed by atoms with Crippen LogP contribution in [-0.4, -0.2) is 147 Å². The third kappa shape index (κ3) is 42.0. The maximum absolute atomic E-state index is 12.7. The van der Waals surface area contributed by atoms with E-state index in [-0.39, 0.29) is 86.9 Å². The Balaban J connectivity index is 4.40. The number of hydrogen-bond acceptors (Lipinski definition) is 14. The molecule has 0 amide bonds. The Labute approximate surface area is 459 Å². The van der Waals surface area contributed by atoms with Crippen LogP contribution in [0.25, 0.3) is 0 Å². The molecule has 0 radical (unpaired) electrons. The number of aliphatic hydroxyl groups excluding tert-OH is 11. The van der Waals surface area contributed by atoms with Gasteiger partial charge in [-0.3, -0.25) is 4.79 Å². The molecule has 0 aromatic rings. The van der Waals surface area contributed by atoms with Crippen LogP contribution in [0.3, 0.4) is 0 Å². The van der Waals surface area contributed by atoms with Gasteiger partial charge in [0.05, 0.1) is 67.1 Å². The van der Waals surface area contributed by atoms with Crippen LogP contribution in [0.2, 0.25) is 0 Å². The van der Waals surface area contributed by atoms with Gasteiger partial charge in [-0.25, -0.2) is 4.79 Å². The van der Waals surface area contributed by atoms with Gasteiger partial charge in [-0.2, -0.15) is 0 Å². The lowest BCUT2D eigenvalue weighted by Gasteiger charge is -2.25. The van der Waals surface area contributed by atoms with Gasteiger partial charge in [0.1, 0.15) is 5.78 Å². The maximum atomic E-state index is 12.7. The molecule has 0 aromatic heterocycles. The first-order valence-electron chi connectivity index (χ1n) is 27.3. The van der Waals surface area contributed by atoms with Crippen LogP contribution >= 0.6 is 0 Å². The molecule has 15 heteroatoms. The molecule has 434 valence electrons. The van der Waals surface area contributed by atoms with Crippen LogP contribution < -0.4 is 5.73 Å². The Morgan fingerprint density at radius 1 is 0.455 bits per heavy atom. The van der Waals surface area contributed by atoms with Crippen molar-refractivity contribution in [3.05, 3.63) is 157 Å². The predicted octanol–water partition coefficient (Wildman–Crippen LogP) is 6.95. The quantitative estimate of drug-likeness (QED) is 0.0127. The average Bonchev–Trinajstić information content (AvgIpc) is 3.36. The Bertz CT molecular complexity index is 1960. The molecule has 0 fully saturated rings. The minimum Gasteiger partial charge on any atom is -0.478 e. The standard InChI is InChI=1S/C62H97NO14/c1-46(28-20-16-12-9-7-5-6-8-10-15-19-23-38-59(73)49(4)61(75)47(2)29-21-17-13-11-14-18-22-30-48(3)62(76)77)60(74)45-58(72)44-55(69)36-26-35-54(68)43-57(71)42-53(67)34-25-33-51(65)40-50(64)31-24-32-52(66)41-56(70)37-27-39-63/h5-12,14-16,18-19,21-26,29-31,34,36,38,46-47,49-59,61,64-73,75H,13,17,20,27-28,32-33,35,37,39-45,63H2,1-4H3,(H,76,77)/b6-5+,9-7+,10-8+,14-11+,16-12+,19-15+,22-18+,29-21+,31-24+,34-25+,36-26+,38-23+,48-30+/t46-,47+,49-,50-,51+,52+,53+,54+,55-,56-,57+,58+,59-,61-/m1/s1. The fourth-order valence-corrected chi connectivity index (χ4v) is 7.61. The zero-order chi connectivity index (χ0) is 57.8. The molecule has 0 heterocycles. The number of rotatable bonds is 44. The second-order valence-corrected chi connectivity index (χ2v) is 19.9. The van der Waals surface area contributed by atoms with Crippen LogP contribution in [0.4, 0.5) is 0 Å². The number of carboxylic acid groups (broad SMARTS) is 1. The van der Waals surface area contributed by atoms with Gasteiger partial charge in [0.15, 0.2) is 0 Å². The summed E-state index contributed by atoms with van der Waals surface area (Å²) in [5.74, 6) is -1.84. The minimum absolute atomic E-state index is 0.0330. The molecule has 0 aliphatic carbocycles. The van der Waals surface area contributed by atoms with E-state index in [4.69, 9.17) is 10.8 Å². The lowest BCUT2D eigenvalue weighted by molar-refractivity contribution is -0.132. The van der Waals surface area contributed by atoms with Crippen LogP contribution in [-0.2, 0) is 9.59 Å². The van der Waals surface area contributed by atoms with Crippen molar-refractivity contribution in [2.45, 2.75) is 191 Å². The molecular weight excluding hydrogens is 983 g/mol. The number of carbonyl (C=O) groups is 2. The molecule has 0 saturated carbocycles. The molecule has 0 saturated heterocycles. The molecule has 0 rings (SSSR count). The highest BCUT2D eigenvalue weighted by Crippen LogP contribution is 2.20. The third-order valence-corrected chi connectivity index (χ3v) is 12.5. The maximum Gasteiger partial charge on any atom is 0.331 e. The van der Waals surface area contributed by atoms with Crippen molar-refractivity contribution in [2.75, 3.05) is 6.54 Å². The van der Waals surface area contributed by atoms with Crippen LogP contribution in [0.5, 0.6) is 0 Å². The third-order valence-electron chi connectivity index (χ3n) is 12.5. The Morgan fingerprint density at radius 2 is 0.896 bits per heavy atom. The largest absolute Gasteiger partial charge is 0.478 e. The molecule has 14 atom stereocenters. The lowest BCUT2D eigenvalue weighted by atomic mass is 9.88. The fraction of sp³-hybridized carbons (Fsp3) is 0.548. The van der Waals surface area contributed by atoms with Gasteiger partial charge >= 0.3 is 5.97 Å². The molecule has 15 nitrogen and oxygen atoms in total. The predicted molar refractivity (Wildman–Crippen MR) is 308 cm³/mol. The lowest BCUT2D eigenvalue weighted by Crippen LogP contribution is -2.32. The number of nitrogens with two attached hydrogens (primary N) is 1. The zero-order valence-corrected chi connectivity index (χ0v) is 46.1. The van der Waals surface area contributed by atoms with Crippen LogP contribution in [0, 0.1) is 17.8 Å². The van der Waals surface area contributed by atoms with Gasteiger partial charge in [0.2, 0.25) is 0 Å². The van der Waals surface area contributed by atoms with E-state index in [2.05, 4.69) is 0 Å². The number of carboxylic acids is 1. The Kier molecular flexibility index (Phi) is 43.4. The summed E-state index contributed by atoms with van der Waals surface area (Å²) in [6.07, 6.45) is 38.5. The van der Waals surface area contributed by atoms with E-state index in [1.807, 2.05) is 99.8 Å². The van der Waals surface area contributed by atoms with Gasteiger partial charge in [0.25, 0.3) is 0 Å². The van der Waals surface area contributed by atoms with E-state index < -0.39 is 73.1 Å². The number of hydrogen-bond donors (Lipinski definition) is 13. The van der Waals surface area contributed by atoms with Crippen molar-refractivity contribution in [1.82, 2.24) is 0 Å². The second kappa shape index (κ2) is 46.2. The summed E-state index contributed by atoms with van der Waals surface area (Å²) in [7, 11) is 0. The van der Waals surface area contributed by atoms with Crippen molar-refractivity contribution in [3.63, 3.8) is 0 Å². The molecule has 0 spiro atoms. The van der Waals surface area contributed by atoms with Gasteiger partial charge < -0.3 is 67.0 Å². The zero-order valence-electron chi connectivity index (χ0n) is 46.1. The first-order chi connectivity index (χ1) is 36.7. The Hall–Kier alpha value is -4.72. The summed E-state index contributed by atoms with van der Waals surface area (Å²) < 4.78 is 0. The van der Waals surface area contributed by atoms with Crippen molar-refractivity contribution in [2.24, 2.45) is 23.5 Å². The van der Waals surface area contributed by atoms with Gasteiger partial charge in [-0.15, -0.1) is 0 Å². The van der Waals surface area contributed by atoms with Crippen LogP contribution in [0.1, 0.15) is 124 Å². The van der Waals surface area contributed by atoms with Gasteiger partial charge in [0, 0.05) is 49.0 Å². The smallest absolute Gasteiger partial charge is 0.331 e. The molecule has 0 aliphatic heterocycles. The number of Topliss-reactive ketones (excluding diaryl/α,β-unsaturated/α-hetero) is 1. The number of unbranched alkanes of at least 4 members (excludes halogenated alkanes) is 1. The summed E-state index contributed by atoms with van der Waals surface area (Å²) >= 11 is 0. The minimum atomic E-state index is -1.04. The van der Waals surface area contributed by atoms with Gasteiger partial charge in [-0.05, 0) is 84.1 Å². The molecule has 0 aromatic carbocycles. The Morgan fingerprint density at radius 3 is 1.43 bits per heavy atom. The highest BCUT2D eigenvalue weighted by atomic mass is 16.4. The number of aliphatic carboxylic acids is 1. The molecule has 0 unspecified atom stereocenters. The summed E-state index contributed by atoms with van der Waals surface area (Å²) in [5, 5.41) is 122. The molecule has 0 aliphatic rings. The number of aliphatic hydroxyl groups is 11. The fourth-order valence-electron chi connectivity index (χ4n) is 7.61. The molecular formula is C62H97NO14. The topological polar surface area (TPSA) is 303 Å². The van der Waals surface area contributed by atoms with E-state index in [9.17, 15) is 65.8 Å². The van der Waals surface area contributed by atoms with E-state index in [1.54, 1.807) is 42.5 Å². The highest BCUT2D eigenvalue weighted by molar-refractivity contribution is 5.86. The molecule has 77 heavy (non-hydrogen) atoms. The van der Waals surface area contributed by atoms with E-state index in [0.717, 1.165) is 12.8 Å². The van der Waals surface area contributed by atoms with Crippen LogP contribution in [0.15, 0.2) is 157 Å². The highest BCUT2D eigenvalue weighted by Gasteiger charge is 2.24. The van der Waals surface area contributed by atoms with Crippen molar-refractivity contribution < 1.29 is 70.9 Å². The summed E-state index contributed by atoms with van der Waals surface area (Å²) in [6, 6.07) is 0. The van der Waals surface area contributed by atoms with Crippen molar-refractivity contribution in [3.8, 4) is 0 Å². The van der Waals surface area contributed by atoms with Crippen molar-refractivity contribution in [1.29, 1.82) is 0 Å². The average molecular weight is 1080 g/mol. The van der Waals surface area contributed by atoms with Crippen molar-refractivity contribution >= 4 is 11.8 Å². The number of ketones is 1. The van der Waals surface area contributed by atoms with E-state index >= 15 is 0 Å². The first kappa shape index (κ1) is 72.3. The summed E-state index contributed by atoms with van der Waals surface area (Å²) in [6.45, 7) is 7.53. The SMILES string of the molecule is C\C(=C/C=C/C=C/CC/C=C/[C@H](C)[C@@H](O)[C@H](C)[C@H](O)/C=C/C=C/C=C/C=C/C=C/C=C/CC[C@@H](C)C(=O)C[C@@H](O)C[C@H](O)/C=C/C[C@H](O)C[C@@H](O)C[C@@H](O)/C=C/C[C@H](O)C[C@H](O)/C=C/C[C@H](O)C[C@H](O)CCCN)C(=O)O. The summed E-state index contributed by atoms with van der Waals surface area (Å²) in [5.41, 5.74) is 5.70. The normalized spacial score (nSPS) is 19.1. The molecule has 0 bridgehead atoms. The second-order valence-electron chi connectivity index (χ2n) is 19.9. The molecule has 14 N–H and O–H groups in total. The van der Waals surface area contributed by atoms with Gasteiger partial charge in [-0.1, -0.05) is 173 Å². The summed E-state index contributed by atoms with van der Waals surface area (Å²) in [4.78, 5) is 23.5. The van der Waals surface area contributed by atoms with E-state index in [0.29, 0.717) is 32.2 Å². The monoisotopic (exact) mass is 1080 g/mol. The first-order valence-corrected chi connectivity index (χ1v) is 27.3. The number of carbonyl (C=O) groups excluding carboxylic acids is 1. The number of allylic oxidation sites excluding steroid dienone is 17.